The molecule has 0 aliphatic carbocycles. The van der Waals surface area contributed by atoms with Crippen LogP contribution in [0.25, 0.3) is 0 Å². The largest absolute Gasteiger partial charge is 0.349 e. The number of thiocarbonyl (C=S) groups is 1. The molecular weight excluding hydrogens is 701 g/mol. The van der Waals surface area contributed by atoms with Crippen LogP contribution >= 0.6 is 24.2 Å². The summed E-state index contributed by atoms with van der Waals surface area (Å²) in [5, 5.41) is 19.5. The summed E-state index contributed by atoms with van der Waals surface area (Å²) >= 11 is 4.39. The number of carbonyl (C=O) groups excluding carboxylic acids is 2. The Hall–Kier alpha value is -2.76. The summed E-state index contributed by atoms with van der Waals surface area (Å²) in [6.07, 6.45) is 1.61. The predicted molar refractivity (Wildman–Crippen MR) is 209 cm³/mol. The highest BCUT2D eigenvalue weighted by Crippen LogP contribution is 2.28. The summed E-state index contributed by atoms with van der Waals surface area (Å²) in [4.78, 5) is 30.6. The summed E-state index contributed by atoms with van der Waals surface area (Å²) in [6, 6.07) is 0. The first kappa shape index (κ1) is 47.2. The maximum Gasteiger partial charge on any atom is 0.340 e. The van der Waals surface area contributed by atoms with Crippen LogP contribution < -0.4 is 5.48 Å². The number of nitrogens with zero attached hydrogens (tertiary/aromatic N) is 7. The Balaban J connectivity index is 0.000000598. The summed E-state index contributed by atoms with van der Waals surface area (Å²) in [7, 11) is 0. The minimum Gasteiger partial charge on any atom is -0.349 e. The van der Waals surface area contributed by atoms with Crippen molar-refractivity contribution in [3.05, 3.63) is 0 Å². The molecule has 0 saturated heterocycles. The maximum atomic E-state index is 10.7. The lowest BCUT2D eigenvalue weighted by Crippen LogP contribution is -2.30. The molecule has 14 nitrogen and oxygen atoms in total. The Morgan fingerprint density at radius 2 is 1.20 bits per heavy atom. The van der Waals surface area contributed by atoms with Crippen molar-refractivity contribution >= 4 is 80.2 Å². The third-order valence-corrected chi connectivity index (χ3v) is 8.14. The molecule has 0 aromatic rings. The van der Waals surface area contributed by atoms with Crippen molar-refractivity contribution in [3.8, 4) is 0 Å². The highest BCUT2D eigenvalue weighted by atomic mass is 32.2. The minimum absolute atomic E-state index is 0. The SMILES string of the molecule is C.CC(C)(C)C1=NN=NC1.CC(C)(C)C1=NOC(=O)C1.CC(C)(C)C1=NOC(=S)C1.CC(C)(C)C1=NS(=O)ON1.CC(C)(C)C1=NSC(=O)C1. The van der Waals surface area contributed by atoms with E-state index in [0.29, 0.717) is 30.3 Å². The molecule has 0 fully saturated rings. The number of oxime groups is 2. The maximum absolute atomic E-state index is 10.7. The van der Waals surface area contributed by atoms with E-state index in [4.69, 9.17) is 17.1 Å². The molecule has 284 valence electrons. The van der Waals surface area contributed by atoms with Crippen molar-refractivity contribution in [2.24, 2.45) is 61.6 Å². The van der Waals surface area contributed by atoms with E-state index in [9.17, 15) is 13.8 Å². The molecule has 0 bridgehead atoms. The van der Waals surface area contributed by atoms with Crippen LogP contribution in [0.15, 0.2) is 34.5 Å². The van der Waals surface area contributed by atoms with Gasteiger partial charge in [0.05, 0.1) is 36.4 Å². The lowest BCUT2D eigenvalue weighted by Gasteiger charge is -2.16. The molecular formula is C33H58N8O6S3. The van der Waals surface area contributed by atoms with E-state index in [1.54, 1.807) is 0 Å². The van der Waals surface area contributed by atoms with Crippen LogP contribution in [0.3, 0.4) is 0 Å². The molecule has 0 spiro atoms. The number of carbonyl (C=O) groups is 2. The monoisotopic (exact) mass is 758 g/mol. The second kappa shape index (κ2) is 19.2. The molecule has 0 saturated carbocycles. The first-order valence-electron chi connectivity index (χ1n) is 15.8. The molecule has 0 amide bonds. The van der Waals surface area contributed by atoms with E-state index in [1.165, 1.54) is 0 Å². The van der Waals surface area contributed by atoms with Gasteiger partial charge in [-0.25, -0.2) is 18.9 Å². The Morgan fingerprint density at radius 3 is 1.40 bits per heavy atom. The van der Waals surface area contributed by atoms with Crippen LogP contribution in [-0.4, -0.2) is 55.6 Å². The van der Waals surface area contributed by atoms with Crippen molar-refractivity contribution in [3.63, 3.8) is 0 Å². The van der Waals surface area contributed by atoms with Crippen LogP contribution in [0.4, 0.5) is 0 Å². The van der Waals surface area contributed by atoms with Crippen molar-refractivity contribution in [2.45, 2.75) is 131 Å². The lowest BCUT2D eigenvalue weighted by molar-refractivity contribution is -0.140. The van der Waals surface area contributed by atoms with Gasteiger partial charge >= 0.3 is 17.2 Å². The Labute approximate surface area is 311 Å². The zero-order valence-electron chi connectivity index (χ0n) is 31.6. The van der Waals surface area contributed by atoms with Crippen LogP contribution in [0.5, 0.6) is 0 Å². The van der Waals surface area contributed by atoms with Crippen molar-refractivity contribution in [1.29, 1.82) is 0 Å². The fraction of sp³-hybridized carbons (Fsp3) is 0.758. The summed E-state index contributed by atoms with van der Waals surface area (Å²) in [5.74, 6) is 0.385. The summed E-state index contributed by atoms with van der Waals surface area (Å²) in [5.41, 5.74) is 6.61. The highest BCUT2D eigenvalue weighted by Gasteiger charge is 2.29. The molecule has 5 aliphatic heterocycles. The Bertz CT molecular complexity index is 1330. The molecule has 0 radical (unpaired) electrons. The first-order valence-corrected chi connectivity index (χ1v) is 18.0. The number of hydrogen-bond acceptors (Lipinski definition) is 15. The van der Waals surface area contributed by atoms with Crippen LogP contribution in [0.2, 0.25) is 0 Å². The van der Waals surface area contributed by atoms with Crippen LogP contribution in [-0.2, 0) is 34.8 Å². The van der Waals surface area contributed by atoms with E-state index >= 15 is 0 Å². The smallest absolute Gasteiger partial charge is 0.340 e. The summed E-state index contributed by atoms with van der Waals surface area (Å²) < 4.78 is 22.8. The van der Waals surface area contributed by atoms with Gasteiger partial charge in [0.2, 0.25) is 10.2 Å². The van der Waals surface area contributed by atoms with Gasteiger partial charge in [-0.2, -0.15) is 9.40 Å². The number of rotatable bonds is 0. The fourth-order valence-corrected chi connectivity index (χ4v) is 4.78. The van der Waals surface area contributed by atoms with E-state index in [2.05, 4.69) is 111 Å². The van der Waals surface area contributed by atoms with Crippen LogP contribution in [0.1, 0.15) is 131 Å². The van der Waals surface area contributed by atoms with Gasteiger partial charge in [0.1, 0.15) is 12.4 Å². The van der Waals surface area contributed by atoms with Gasteiger partial charge in [-0.3, -0.25) is 4.79 Å². The minimum atomic E-state index is -1.52. The fourth-order valence-electron chi connectivity index (χ4n) is 3.21. The molecule has 5 aliphatic rings. The van der Waals surface area contributed by atoms with Gasteiger partial charge in [-0.05, 0) is 17.4 Å². The second-order valence-electron chi connectivity index (χ2n) is 16.6. The predicted octanol–water partition coefficient (Wildman–Crippen LogP) is 8.56. The van der Waals surface area contributed by atoms with Gasteiger partial charge in [0.15, 0.2) is 0 Å². The van der Waals surface area contributed by atoms with E-state index in [1.807, 2.05) is 41.5 Å². The Morgan fingerprint density at radius 1 is 0.700 bits per heavy atom. The molecule has 50 heavy (non-hydrogen) atoms. The highest BCUT2D eigenvalue weighted by molar-refractivity contribution is 8.13. The molecule has 17 heteroatoms. The van der Waals surface area contributed by atoms with Gasteiger partial charge in [-0.1, -0.05) is 122 Å². The van der Waals surface area contributed by atoms with Gasteiger partial charge < -0.3 is 9.68 Å². The molecule has 5 rings (SSSR count). The topological polar surface area (TPSA) is 177 Å². The van der Waals surface area contributed by atoms with Crippen molar-refractivity contribution in [2.75, 3.05) is 6.54 Å². The molecule has 1 atom stereocenters. The zero-order chi connectivity index (χ0) is 38.0. The Kier molecular flexibility index (Phi) is 18.1. The molecule has 0 aromatic carbocycles. The number of nitrogens with one attached hydrogen (secondary N) is 1. The quantitative estimate of drug-likeness (QED) is 0.144. The lowest BCUT2D eigenvalue weighted by atomic mass is 9.88. The van der Waals surface area contributed by atoms with Gasteiger partial charge in [0, 0.05) is 44.7 Å². The average Bonchev–Trinajstić information content (AvgIpc) is 3.74. The van der Waals surface area contributed by atoms with E-state index < -0.39 is 11.3 Å². The first-order chi connectivity index (χ1) is 22.1. The third-order valence-electron chi connectivity index (χ3n) is 6.71. The van der Waals surface area contributed by atoms with Gasteiger partial charge in [0.25, 0.3) is 0 Å². The number of hydrogen-bond donors (Lipinski definition) is 1. The van der Waals surface area contributed by atoms with Gasteiger partial charge in [-0.15, -0.1) is 9.50 Å². The molecule has 0 aromatic heterocycles. The third kappa shape index (κ3) is 17.9. The van der Waals surface area contributed by atoms with Crippen molar-refractivity contribution < 1.29 is 27.8 Å². The van der Waals surface area contributed by atoms with E-state index in [0.717, 1.165) is 41.2 Å². The second-order valence-corrected chi connectivity index (χ2v) is 18.6. The summed E-state index contributed by atoms with van der Waals surface area (Å²) in [6.45, 7) is 31.5. The molecule has 1 N–H and O–H groups in total. The normalized spacial score (nSPS) is 19.9. The van der Waals surface area contributed by atoms with E-state index in [-0.39, 0.29) is 45.6 Å². The average molecular weight is 759 g/mol. The molecule has 1 unspecified atom stereocenters. The molecule has 5 heterocycles. The van der Waals surface area contributed by atoms with Crippen LogP contribution in [0, 0.1) is 27.1 Å². The standard InChI is InChI=1S/C7H11NO2.2C7H11NOS.C6H11N3.C5H10N2O2S.CH4/c2*1-7(2,3)5-4-6(9)10-8-5;1-7(2,3)5-4-6(10)9-8-5;1-6(2,3)5-4-7-9-8-5;1-5(2,3)4-6-9-10(8)7-4;/h3*4H2,1-3H3;4H2,1-3H3;1-3H3,(H,6,7);1H4. The number of amidine groups is 1. The number of hydroxylamine groups is 1. The van der Waals surface area contributed by atoms with Crippen molar-refractivity contribution in [1.82, 2.24) is 5.48 Å². The zero-order valence-corrected chi connectivity index (χ0v) is 34.1.